The highest BCUT2D eigenvalue weighted by molar-refractivity contribution is 5.74. The van der Waals surface area contributed by atoms with Gasteiger partial charge in [0, 0.05) is 12.6 Å². The molecule has 3 N–H and O–H groups in total. The molecule has 0 spiro atoms. The molecule has 19 heavy (non-hydrogen) atoms. The van der Waals surface area contributed by atoms with Crippen LogP contribution in [0.1, 0.15) is 46.5 Å². The molecule has 0 aromatic heterocycles. The molecule has 2 amide bonds. The van der Waals surface area contributed by atoms with Crippen LogP contribution in [-0.4, -0.2) is 29.7 Å². The van der Waals surface area contributed by atoms with E-state index in [1.807, 2.05) is 0 Å². The second-order valence-corrected chi connectivity index (χ2v) is 5.96. The minimum atomic E-state index is -0.714. The lowest BCUT2D eigenvalue weighted by Crippen LogP contribution is -2.45. The number of hydrogen-bond donors (Lipinski definition) is 3. The fourth-order valence-electron chi connectivity index (χ4n) is 2.21. The van der Waals surface area contributed by atoms with E-state index in [-0.39, 0.29) is 18.0 Å². The number of carbonyl (C=O) groups excluding carboxylic acids is 1. The lowest BCUT2D eigenvalue weighted by molar-refractivity contribution is -0.142. The molecule has 0 aromatic rings. The van der Waals surface area contributed by atoms with Gasteiger partial charge in [0.25, 0.3) is 0 Å². The molecule has 1 aliphatic rings. The van der Waals surface area contributed by atoms with Gasteiger partial charge in [-0.1, -0.05) is 20.8 Å². The third-order valence-corrected chi connectivity index (χ3v) is 4.13. The Hall–Kier alpha value is -1.26. The number of carboxylic acid groups (broad SMARTS) is 1. The zero-order valence-electron chi connectivity index (χ0n) is 12.1. The van der Waals surface area contributed by atoms with Crippen molar-refractivity contribution in [1.29, 1.82) is 0 Å². The van der Waals surface area contributed by atoms with E-state index in [1.54, 1.807) is 0 Å². The molecular formula is C14H26N2O3. The number of hydrogen-bond acceptors (Lipinski definition) is 2. The van der Waals surface area contributed by atoms with E-state index in [1.165, 1.54) is 0 Å². The average Bonchev–Trinajstić information content (AvgIpc) is 2.36. The normalized spacial score (nSPS) is 24.8. The van der Waals surface area contributed by atoms with Gasteiger partial charge < -0.3 is 15.7 Å². The van der Waals surface area contributed by atoms with Gasteiger partial charge in [0.15, 0.2) is 0 Å². The number of urea groups is 1. The van der Waals surface area contributed by atoms with Gasteiger partial charge in [0.2, 0.25) is 0 Å². The molecule has 0 radical (unpaired) electrons. The zero-order chi connectivity index (χ0) is 14.4. The first kappa shape index (κ1) is 15.8. The first-order valence-corrected chi connectivity index (χ1v) is 7.17. The molecular weight excluding hydrogens is 244 g/mol. The maximum Gasteiger partial charge on any atom is 0.315 e. The molecule has 0 heterocycles. The summed E-state index contributed by atoms with van der Waals surface area (Å²) in [6.07, 6.45) is 2.82. The van der Waals surface area contributed by atoms with Crippen molar-refractivity contribution in [3.63, 3.8) is 0 Å². The van der Waals surface area contributed by atoms with Gasteiger partial charge in [-0.05, 0) is 37.5 Å². The van der Waals surface area contributed by atoms with Crippen molar-refractivity contribution in [2.24, 2.45) is 17.8 Å². The first-order chi connectivity index (χ1) is 8.90. The third kappa shape index (κ3) is 5.49. The van der Waals surface area contributed by atoms with Crippen LogP contribution in [0.25, 0.3) is 0 Å². The molecule has 0 bridgehead atoms. The highest BCUT2D eigenvalue weighted by atomic mass is 16.4. The Morgan fingerprint density at radius 1 is 1.16 bits per heavy atom. The van der Waals surface area contributed by atoms with E-state index in [0.29, 0.717) is 31.2 Å². The Labute approximate surface area is 115 Å². The Morgan fingerprint density at radius 3 is 2.21 bits per heavy atom. The van der Waals surface area contributed by atoms with Crippen LogP contribution < -0.4 is 10.6 Å². The Morgan fingerprint density at radius 2 is 1.74 bits per heavy atom. The monoisotopic (exact) mass is 270 g/mol. The number of amides is 2. The molecule has 1 unspecified atom stereocenters. The molecule has 5 nitrogen and oxygen atoms in total. The van der Waals surface area contributed by atoms with Crippen LogP contribution in [0.4, 0.5) is 4.79 Å². The van der Waals surface area contributed by atoms with Gasteiger partial charge in [-0.2, -0.15) is 0 Å². The van der Waals surface area contributed by atoms with Crippen LogP contribution in [0.2, 0.25) is 0 Å². The first-order valence-electron chi connectivity index (χ1n) is 7.17. The second kappa shape index (κ2) is 7.36. The highest BCUT2D eigenvalue weighted by Gasteiger charge is 2.26. The summed E-state index contributed by atoms with van der Waals surface area (Å²) >= 11 is 0. The van der Waals surface area contributed by atoms with E-state index in [4.69, 9.17) is 5.11 Å². The summed E-state index contributed by atoms with van der Waals surface area (Å²) < 4.78 is 0. The summed E-state index contributed by atoms with van der Waals surface area (Å²) in [7, 11) is 0. The topological polar surface area (TPSA) is 78.4 Å². The molecule has 0 saturated heterocycles. The molecule has 5 heteroatoms. The summed E-state index contributed by atoms with van der Waals surface area (Å²) in [4.78, 5) is 22.5. The van der Waals surface area contributed by atoms with Gasteiger partial charge >= 0.3 is 12.0 Å². The number of carbonyl (C=O) groups is 2. The van der Waals surface area contributed by atoms with Crippen molar-refractivity contribution in [2.75, 3.05) is 6.54 Å². The van der Waals surface area contributed by atoms with Crippen LogP contribution in [0, 0.1) is 17.8 Å². The summed E-state index contributed by atoms with van der Waals surface area (Å²) in [5.74, 6) is 0.0514. The second-order valence-electron chi connectivity index (χ2n) is 5.96. The van der Waals surface area contributed by atoms with E-state index in [0.717, 1.165) is 12.8 Å². The minimum absolute atomic E-state index is 0.116. The van der Waals surface area contributed by atoms with Gasteiger partial charge in [0.1, 0.15) is 0 Å². The molecule has 0 aliphatic heterocycles. The molecule has 1 fully saturated rings. The predicted molar refractivity (Wildman–Crippen MR) is 73.9 cm³/mol. The largest absolute Gasteiger partial charge is 0.481 e. The smallest absolute Gasteiger partial charge is 0.315 e. The number of rotatable bonds is 5. The summed E-state index contributed by atoms with van der Waals surface area (Å²) in [6, 6.07) is -0.0174. The lowest BCUT2D eigenvalue weighted by Gasteiger charge is -2.27. The fourth-order valence-corrected chi connectivity index (χ4v) is 2.21. The van der Waals surface area contributed by atoms with E-state index in [2.05, 4.69) is 31.4 Å². The molecule has 1 aliphatic carbocycles. The predicted octanol–water partition coefficient (Wildman–Crippen LogP) is 2.22. The summed E-state index contributed by atoms with van der Waals surface area (Å²) in [5.41, 5.74) is 0. The average molecular weight is 270 g/mol. The minimum Gasteiger partial charge on any atom is -0.481 e. The van der Waals surface area contributed by atoms with Crippen molar-refractivity contribution in [3.05, 3.63) is 0 Å². The molecule has 1 atom stereocenters. The van der Waals surface area contributed by atoms with Gasteiger partial charge in [-0.25, -0.2) is 4.79 Å². The standard InChI is InChI=1S/C14H26N2O3/c1-9(2)10(3)8-15-14(19)16-12-6-4-11(5-7-12)13(17)18/h9-12H,4-8H2,1-3H3,(H,17,18)(H2,15,16,19). The zero-order valence-corrected chi connectivity index (χ0v) is 12.1. The van der Waals surface area contributed by atoms with Crippen LogP contribution in [0.3, 0.4) is 0 Å². The van der Waals surface area contributed by atoms with Crippen molar-refractivity contribution in [1.82, 2.24) is 10.6 Å². The Bertz CT molecular complexity index is 310. The van der Waals surface area contributed by atoms with E-state index >= 15 is 0 Å². The van der Waals surface area contributed by atoms with Crippen molar-refractivity contribution >= 4 is 12.0 Å². The van der Waals surface area contributed by atoms with E-state index < -0.39 is 5.97 Å². The quantitative estimate of drug-likeness (QED) is 0.716. The molecule has 110 valence electrons. The summed E-state index contributed by atoms with van der Waals surface area (Å²) in [5, 5.41) is 14.7. The molecule has 1 rings (SSSR count). The van der Waals surface area contributed by atoms with Crippen molar-refractivity contribution in [2.45, 2.75) is 52.5 Å². The number of carboxylic acids is 1. The Balaban J connectivity index is 2.22. The van der Waals surface area contributed by atoms with Crippen LogP contribution in [0.5, 0.6) is 0 Å². The summed E-state index contributed by atoms with van der Waals surface area (Å²) in [6.45, 7) is 7.06. The van der Waals surface area contributed by atoms with Crippen LogP contribution in [-0.2, 0) is 4.79 Å². The maximum absolute atomic E-state index is 11.7. The van der Waals surface area contributed by atoms with E-state index in [9.17, 15) is 9.59 Å². The van der Waals surface area contributed by atoms with Crippen LogP contribution >= 0.6 is 0 Å². The van der Waals surface area contributed by atoms with Gasteiger partial charge in [0.05, 0.1) is 5.92 Å². The maximum atomic E-state index is 11.7. The number of nitrogens with one attached hydrogen (secondary N) is 2. The van der Waals surface area contributed by atoms with Gasteiger partial charge in [-0.15, -0.1) is 0 Å². The lowest BCUT2D eigenvalue weighted by atomic mass is 9.86. The van der Waals surface area contributed by atoms with Crippen LogP contribution in [0.15, 0.2) is 0 Å². The number of aliphatic carboxylic acids is 1. The Kier molecular flexibility index (Phi) is 6.12. The fraction of sp³-hybridized carbons (Fsp3) is 0.857. The van der Waals surface area contributed by atoms with Gasteiger partial charge in [-0.3, -0.25) is 4.79 Å². The molecule has 0 aromatic carbocycles. The SMILES string of the molecule is CC(C)C(C)CNC(=O)NC1CCC(C(=O)O)CC1. The third-order valence-electron chi connectivity index (χ3n) is 4.13. The van der Waals surface area contributed by atoms with Crippen molar-refractivity contribution < 1.29 is 14.7 Å². The highest BCUT2D eigenvalue weighted by Crippen LogP contribution is 2.24. The van der Waals surface area contributed by atoms with Crippen molar-refractivity contribution in [3.8, 4) is 0 Å². The molecule has 1 saturated carbocycles.